The highest BCUT2D eigenvalue weighted by Crippen LogP contribution is 2.44. The second-order valence-electron chi connectivity index (χ2n) is 7.45. The van der Waals surface area contributed by atoms with Crippen molar-refractivity contribution in [2.75, 3.05) is 26.5 Å². The number of carbonyl (C=O) groups is 2. The smallest absolute Gasteiger partial charge is 0.344 e. The van der Waals surface area contributed by atoms with Crippen LogP contribution in [0, 0.1) is 0 Å². The Morgan fingerprint density at radius 1 is 1.38 bits per heavy atom. The summed E-state index contributed by atoms with van der Waals surface area (Å²) in [5, 5.41) is 4.51. The summed E-state index contributed by atoms with van der Waals surface area (Å²) in [5.74, 6) is -1.29. The normalized spacial score (nSPS) is 21.1. The van der Waals surface area contributed by atoms with Crippen molar-refractivity contribution in [3.8, 4) is 0 Å². The number of hydrogen-bond acceptors (Lipinski definition) is 11. The van der Waals surface area contributed by atoms with Gasteiger partial charge in [-0.1, -0.05) is 6.92 Å². The van der Waals surface area contributed by atoms with E-state index in [4.69, 9.17) is 14.6 Å². The van der Waals surface area contributed by atoms with Gasteiger partial charge in [0.05, 0.1) is 18.6 Å². The number of thiophene rings is 1. The lowest BCUT2D eigenvalue weighted by Gasteiger charge is -2.35. The molecular weight excluding hydrogens is 484 g/mol. The summed E-state index contributed by atoms with van der Waals surface area (Å²) in [7, 11) is -7.70. The molecule has 182 valence electrons. The molecule has 1 unspecified atom stereocenters. The molecule has 0 aromatic carbocycles. The second kappa shape index (κ2) is 10.6. The molecule has 2 heterocycles. The maximum atomic E-state index is 12.7. The number of primary sulfonamides is 1. The molecule has 0 saturated heterocycles. The third-order valence-corrected chi connectivity index (χ3v) is 10.2. The van der Waals surface area contributed by atoms with Gasteiger partial charge in [0.25, 0.3) is 0 Å². The molecule has 0 radical (unpaired) electrons. The molecule has 0 bridgehead atoms. The van der Waals surface area contributed by atoms with Crippen LogP contribution >= 0.6 is 11.3 Å². The minimum atomic E-state index is -4.05. The van der Waals surface area contributed by atoms with Gasteiger partial charge in [-0.2, -0.15) is 0 Å². The Morgan fingerprint density at radius 2 is 2.03 bits per heavy atom. The van der Waals surface area contributed by atoms with Crippen molar-refractivity contribution in [2.45, 2.75) is 59.9 Å². The molecule has 0 amide bonds. The predicted octanol–water partition coefficient (Wildman–Crippen LogP) is 0.793. The largest absolute Gasteiger partial charge is 0.458 e. The van der Waals surface area contributed by atoms with Gasteiger partial charge in [0.1, 0.15) is 14.5 Å². The average Bonchev–Trinajstić information content (AvgIpc) is 3.14. The highest BCUT2D eigenvalue weighted by atomic mass is 32.3. The van der Waals surface area contributed by atoms with Gasteiger partial charge in [0, 0.05) is 18.5 Å². The van der Waals surface area contributed by atoms with E-state index in [0.29, 0.717) is 23.4 Å². The van der Waals surface area contributed by atoms with Gasteiger partial charge >= 0.3 is 11.9 Å². The lowest BCUT2D eigenvalue weighted by Crippen LogP contribution is -2.38. The molecule has 14 heteroatoms. The molecule has 0 aliphatic carbocycles. The molecule has 0 spiro atoms. The van der Waals surface area contributed by atoms with E-state index >= 15 is 0 Å². The van der Waals surface area contributed by atoms with E-state index in [1.54, 1.807) is 13.8 Å². The molecule has 1 aliphatic rings. The highest BCUT2D eigenvalue weighted by molar-refractivity contribution is 7.95. The number of carbonyl (C=O) groups excluding carboxylic acids is 2. The van der Waals surface area contributed by atoms with E-state index in [1.165, 1.54) is 13.0 Å². The van der Waals surface area contributed by atoms with Gasteiger partial charge in [-0.3, -0.25) is 9.69 Å². The monoisotopic (exact) mass is 512 g/mol. The Morgan fingerprint density at radius 3 is 2.59 bits per heavy atom. The number of nitrogens with two attached hydrogens (primary N) is 1. The zero-order valence-corrected chi connectivity index (χ0v) is 20.7. The van der Waals surface area contributed by atoms with Crippen LogP contribution in [0.3, 0.4) is 0 Å². The summed E-state index contributed by atoms with van der Waals surface area (Å²) >= 11 is 0.665. The maximum absolute atomic E-state index is 12.7. The van der Waals surface area contributed by atoms with E-state index in [1.807, 2.05) is 11.8 Å². The van der Waals surface area contributed by atoms with Crippen molar-refractivity contribution < 1.29 is 40.6 Å². The fourth-order valence-corrected chi connectivity index (χ4v) is 7.64. The highest BCUT2D eigenvalue weighted by Gasteiger charge is 2.41. The third-order valence-electron chi connectivity index (χ3n) is 4.87. The molecular formula is C18H28N2O9S3. The summed E-state index contributed by atoms with van der Waals surface area (Å²) in [6, 6.07) is 0.938. The zero-order valence-electron chi connectivity index (χ0n) is 18.3. The first kappa shape index (κ1) is 26.7. The molecule has 11 nitrogen and oxygen atoms in total. The van der Waals surface area contributed by atoms with Crippen LogP contribution < -0.4 is 5.14 Å². The van der Waals surface area contributed by atoms with Gasteiger partial charge in [-0.15, -0.1) is 11.3 Å². The van der Waals surface area contributed by atoms with Crippen LogP contribution in [0.25, 0.3) is 0 Å². The van der Waals surface area contributed by atoms with Crippen LogP contribution in [0.1, 0.15) is 45.7 Å². The first-order valence-corrected chi connectivity index (χ1v) is 13.7. The Bertz CT molecular complexity index is 1050. The van der Waals surface area contributed by atoms with Crippen molar-refractivity contribution in [3.63, 3.8) is 0 Å². The number of esters is 2. The average molecular weight is 513 g/mol. The standard InChI is InChI=1S/C18H28N2O9S3/c1-5-20(10-27-8-11(2)29-16(22)9-28-13(4)21)15-6-12(3)31(23,24)18-14(15)7-17(30-18)32(19,25)26/h7,11-12,15H,5-6,8-10H2,1-4H3,(H2,19,25,26)/t11?,12-,15-/m0/s1. The van der Waals surface area contributed by atoms with Crippen LogP contribution in [0.5, 0.6) is 0 Å². The predicted molar refractivity (Wildman–Crippen MR) is 115 cm³/mol. The third kappa shape index (κ3) is 6.48. The minimum Gasteiger partial charge on any atom is -0.458 e. The Labute approximate surface area is 191 Å². The Hall–Kier alpha value is -1.58. The molecule has 2 N–H and O–H groups in total. The molecule has 0 saturated carbocycles. The van der Waals surface area contributed by atoms with Crippen molar-refractivity contribution in [1.82, 2.24) is 4.90 Å². The van der Waals surface area contributed by atoms with Gasteiger partial charge in [0.2, 0.25) is 10.0 Å². The number of fused-ring (bicyclic) bond motifs is 1. The molecule has 1 aromatic heterocycles. The van der Waals surface area contributed by atoms with Crippen molar-refractivity contribution in [1.29, 1.82) is 0 Å². The van der Waals surface area contributed by atoms with Crippen LogP contribution in [-0.2, 0) is 43.7 Å². The number of nitrogens with zero attached hydrogens (tertiary/aromatic N) is 1. The lowest BCUT2D eigenvalue weighted by molar-refractivity contribution is -0.163. The minimum absolute atomic E-state index is 0.0106. The van der Waals surface area contributed by atoms with Gasteiger partial charge in [-0.25, -0.2) is 26.8 Å². The van der Waals surface area contributed by atoms with Crippen LogP contribution in [0.4, 0.5) is 0 Å². The molecule has 32 heavy (non-hydrogen) atoms. The molecule has 3 atom stereocenters. The van der Waals surface area contributed by atoms with E-state index in [0.717, 1.165) is 0 Å². The van der Waals surface area contributed by atoms with Crippen LogP contribution in [-0.4, -0.2) is 71.5 Å². The van der Waals surface area contributed by atoms with Crippen LogP contribution in [0.2, 0.25) is 0 Å². The fraction of sp³-hybridized carbons (Fsp3) is 0.667. The van der Waals surface area contributed by atoms with E-state index in [9.17, 15) is 26.4 Å². The molecule has 0 fully saturated rings. The van der Waals surface area contributed by atoms with Gasteiger partial charge < -0.3 is 14.2 Å². The summed E-state index contributed by atoms with van der Waals surface area (Å²) in [4.78, 5) is 24.2. The number of sulfone groups is 1. The first-order chi connectivity index (χ1) is 14.8. The fourth-order valence-electron chi connectivity index (χ4n) is 3.25. The van der Waals surface area contributed by atoms with Crippen molar-refractivity contribution in [3.05, 3.63) is 11.6 Å². The summed E-state index contributed by atoms with van der Waals surface area (Å²) in [6.07, 6.45) is -0.339. The second-order valence-corrected chi connectivity index (χ2v) is 12.8. The number of sulfonamides is 1. The maximum Gasteiger partial charge on any atom is 0.344 e. The summed E-state index contributed by atoms with van der Waals surface area (Å²) < 4.78 is 64.2. The van der Waals surface area contributed by atoms with E-state index < -0.39 is 49.8 Å². The Balaban J connectivity index is 2.09. The topological polar surface area (TPSA) is 159 Å². The van der Waals surface area contributed by atoms with Gasteiger partial charge in [-0.05, 0) is 32.9 Å². The Kier molecular flexibility index (Phi) is 8.81. The molecule has 2 rings (SSSR count). The number of hydrogen-bond donors (Lipinski definition) is 1. The SMILES string of the molecule is CCN(COCC(C)OC(=O)COC(C)=O)[C@H]1C[C@H](C)S(=O)(=O)c2sc(S(N)(=O)=O)cc21. The summed E-state index contributed by atoms with van der Waals surface area (Å²) in [6.45, 7) is 6.42. The van der Waals surface area contributed by atoms with Gasteiger partial charge in [0.15, 0.2) is 16.4 Å². The summed E-state index contributed by atoms with van der Waals surface area (Å²) in [5.41, 5.74) is 0.392. The zero-order chi connectivity index (χ0) is 24.3. The van der Waals surface area contributed by atoms with Crippen LogP contribution in [0.15, 0.2) is 14.5 Å². The lowest BCUT2D eigenvalue weighted by atomic mass is 10.0. The van der Waals surface area contributed by atoms with Crippen molar-refractivity contribution in [2.24, 2.45) is 5.14 Å². The molecule has 1 aromatic rings. The first-order valence-electron chi connectivity index (χ1n) is 9.82. The number of ether oxygens (including phenoxy) is 3. The number of rotatable bonds is 10. The van der Waals surface area contributed by atoms with E-state index in [2.05, 4.69) is 4.74 Å². The van der Waals surface area contributed by atoms with Crippen molar-refractivity contribution >= 4 is 43.1 Å². The quantitative estimate of drug-likeness (QED) is 0.351. The van der Waals surface area contributed by atoms with E-state index in [-0.39, 0.29) is 34.2 Å². The molecule has 1 aliphatic heterocycles.